The first-order valence-electron chi connectivity index (χ1n) is 11.9. The minimum Gasteiger partial charge on any atom is -0.461 e. The second kappa shape index (κ2) is 8.97. The lowest BCUT2D eigenvalue weighted by Crippen LogP contribution is -2.41. The molecule has 0 N–H and O–H groups in total. The molecule has 1 spiro atoms. The molecule has 178 valence electrons. The van der Waals surface area contributed by atoms with Crippen LogP contribution in [0.15, 0.2) is 120 Å². The SMILES string of the molecule is CCOC(=O)C1=NN(c2ccccc2)[C@]2(OC(c3ccccc3)(c3ccccc3)c3ccccc32)S1. The molecule has 1 atom stereocenters. The van der Waals surface area contributed by atoms with Crippen molar-refractivity contribution in [3.8, 4) is 0 Å². The number of hydrazone groups is 1. The van der Waals surface area contributed by atoms with E-state index >= 15 is 0 Å². The van der Waals surface area contributed by atoms with Crippen LogP contribution >= 0.6 is 11.8 Å². The third-order valence-corrected chi connectivity index (χ3v) is 7.65. The van der Waals surface area contributed by atoms with Gasteiger partial charge in [-0.2, -0.15) is 5.10 Å². The first-order valence-corrected chi connectivity index (χ1v) is 12.7. The normalized spacial score (nSPS) is 19.7. The van der Waals surface area contributed by atoms with Gasteiger partial charge in [-0.25, -0.2) is 9.80 Å². The van der Waals surface area contributed by atoms with E-state index in [2.05, 4.69) is 36.4 Å². The zero-order valence-electron chi connectivity index (χ0n) is 19.7. The van der Waals surface area contributed by atoms with E-state index in [-0.39, 0.29) is 11.7 Å². The lowest BCUT2D eigenvalue weighted by atomic mass is 9.80. The standard InChI is InChI=1S/C30H24N2O3S/c1-2-34-28(33)27-31-32(24-18-10-5-11-19-24)30(36-27)26-21-13-12-20-25(26)29(35-30,22-14-6-3-7-15-22)23-16-8-4-9-17-23/h3-21H,2H2,1H3/t30-/m1/s1. The van der Waals surface area contributed by atoms with Crippen LogP contribution in [0.5, 0.6) is 0 Å². The number of hydrogen-bond donors (Lipinski definition) is 0. The second-order valence-electron chi connectivity index (χ2n) is 8.52. The summed E-state index contributed by atoms with van der Waals surface area (Å²) in [6, 6.07) is 38.4. The molecule has 5 nitrogen and oxygen atoms in total. The van der Waals surface area contributed by atoms with E-state index in [4.69, 9.17) is 14.6 Å². The van der Waals surface area contributed by atoms with Crippen molar-refractivity contribution in [1.82, 2.24) is 0 Å². The molecule has 0 radical (unpaired) electrons. The smallest absolute Gasteiger partial charge is 0.365 e. The van der Waals surface area contributed by atoms with Gasteiger partial charge in [0.1, 0.15) is 5.60 Å². The first kappa shape index (κ1) is 22.6. The number of fused-ring (bicyclic) bond motifs is 2. The molecule has 2 aliphatic rings. The number of esters is 1. The van der Waals surface area contributed by atoms with Crippen LogP contribution in [0.25, 0.3) is 0 Å². The highest BCUT2D eigenvalue weighted by Gasteiger charge is 2.62. The van der Waals surface area contributed by atoms with Crippen LogP contribution in [-0.2, 0) is 24.9 Å². The van der Waals surface area contributed by atoms with Gasteiger partial charge >= 0.3 is 5.97 Å². The van der Waals surface area contributed by atoms with Crippen LogP contribution in [0.2, 0.25) is 0 Å². The molecule has 2 heterocycles. The summed E-state index contributed by atoms with van der Waals surface area (Å²) in [7, 11) is 0. The number of ether oxygens (including phenoxy) is 2. The number of nitrogens with zero attached hydrogens (tertiary/aromatic N) is 2. The topological polar surface area (TPSA) is 51.1 Å². The molecule has 0 saturated carbocycles. The van der Waals surface area contributed by atoms with E-state index in [1.165, 1.54) is 11.8 Å². The summed E-state index contributed by atoms with van der Waals surface area (Å²) in [6.07, 6.45) is 0. The summed E-state index contributed by atoms with van der Waals surface area (Å²) in [5.41, 5.74) is 3.85. The van der Waals surface area contributed by atoms with Crippen molar-refractivity contribution in [3.63, 3.8) is 0 Å². The molecule has 6 rings (SSSR count). The molecule has 0 fully saturated rings. The predicted molar refractivity (Wildman–Crippen MR) is 143 cm³/mol. The Kier molecular flexibility index (Phi) is 5.63. The van der Waals surface area contributed by atoms with Crippen molar-refractivity contribution < 1.29 is 14.3 Å². The van der Waals surface area contributed by atoms with Gasteiger partial charge in [0.15, 0.2) is 0 Å². The van der Waals surface area contributed by atoms with Crippen LogP contribution in [-0.4, -0.2) is 17.6 Å². The van der Waals surface area contributed by atoms with Crippen LogP contribution in [0.1, 0.15) is 29.2 Å². The Bertz CT molecular complexity index is 1390. The van der Waals surface area contributed by atoms with Crippen LogP contribution < -0.4 is 5.01 Å². The highest BCUT2D eigenvalue weighted by molar-refractivity contribution is 8.16. The molecule has 0 amide bonds. The molecular formula is C30H24N2O3S. The number of carbonyl (C=O) groups is 1. The zero-order chi connectivity index (χ0) is 24.6. The number of thioether (sulfide) groups is 1. The number of hydrogen-bond acceptors (Lipinski definition) is 6. The maximum atomic E-state index is 12.9. The average molecular weight is 493 g/mol. The summed E-state index contributed by atoms with van der Waals surface area (Å²) in [6.45, 7) is 2.06. The molecule has 2 aliphatic heterocycles. The fourth-order valence-corrected chi connectivity index (χ4v) is 6.20. The van der Waals surface area contributed by atoms with Crippen molar-refractivity contribution >= 4 is 28.5 Å². The van der Waals surface area contributed by atoms with Crippen LogP contribution in [0.4, 0.5) is 5.69 Å². The Morgan fingerprint density at radius 2 is 1.33 bits per heavy atom. The van der Waals surface area contributed by atoms with E-state index in [1.54, 1.807) is 6.92 Å². The Morgan fingerprint density at radius 3 is 1.92 bits per heavy atom. The second-order valence-corrected chi connectivity index (χ2v) is 9.66. The molecule has 0 aliphatic carbocycles. The van der Waals surface area contributed by atoms with Gasteiger partial charge in [0.2, 0.25) is 10.1 Å². The quantitative estimate of drug-likeness (QED) is 0.308. The van der Waals surface area contributed by atoms with E-state index < -0.39 is 16.6 Å². The third-order valence-electron chi connectivity index (χ3n) is 6.45. The number of anilines is 1. The average Bonchev–Trinajstić information content (AvgIpc) is 3.48. The third kappa shape index (κ3) is 3.37. The maximum absolute atomic E-state index is 12.9. The largest absolute Gasteiger partial charge is 0.461 e. The number of benzene rings is 4. The molecule has 4 aromatic rings. The molecule has 0 bridgehead atoms. The van der Waals surface area contributed by atoms with E-state index in [9.17, 15) is 4.79 Å². The van der Waals surface area contributed by atoms with Gasteiger partial charge in [-0.1, -0.05) is 103 Å². The van der Waals surface area contributed by atoms with Crippen molar-refractivity contribution in [2.45, 2.75) is 17.6 Å². The number of carbonyl (C=O) groups excluding carboxylic acids is 1. The van der Waals surface area contributed by atoms with Gasteiger partial charge in [-0.05, 0) is 41.9 Å². The molecule has 0 aromatic heterocycles. The van der Waals surface area contributed by atoms with Crippen molar-refractivity contribution in [2.75, 3.05) is 11.6 Å². The summed E-state index contributed by atoms with van der Waals surface area (Å²) in [4.78, 5) is 12.9. The molecule has 4 aromatic carbocycles. The highest BCUT2D eigenvalue weighted by atomic mass is 32.2. The lowest BCUT2D eigenvalue weighted by Gasteiger charge is -2.38. The number of rotatable bonds is 5. The fourth-order valence-electron chi connectivity index (χ4n) is 4.98. The van der Waals surface area contributed by atoms with Gasteiger partial charge in [-0.15, -0.1) is 0 Å². The van der Waals surface area contributed by atoms with Gasteiger partial charge in [0, 0.05) is 11.1 Å². The summed E-state index contributed by atoms with van der Waals surface area (Å²) in [5.74, 6) is -0.460. The Labute approximate surface area is 214 Å². The van der Waals surface area contributed by atoms with E-state index in [0.29, 0.717) is 0 Å². The summed E-state index contributed by atoms with van der Waals surface area (Å²) in [5, 5.41) is 5.73. The lowest BCUT2D eigenvalue weighted by molar-refractivity contribution is -0.134. The van der Waals surface area contributed by atoms with Crippen LogP contribution in [0, 0.1) is 0 Å². The van der Waals surface area contributed by atoms with Crippen molar-refractivity contribution in [1.29, 1.82) is 0 Å². The van der Waals surface area contributed by atoms with Gasteiger partial charge in [0.05, 0.1) is 12.3 Å². The molecule has 0 saturated heterocycles. The summed E-state index contributed by atoms with van der Waals surface area (Å²) >= 11 is 1.29. The Morgan fingerprint density at radius 1 is 0.806 bits per heavy atom. The minimum atomic E-state index is -1.12. The number of para-hydroxylation sites is 1. The monoisotopic (exact) mass is 492 g/mol. The van der Waals surface area contributed by atoms with Crippen LogP contribution in [0.3, 0.4) is 0 Å². The highest BCUT2D eigenvalue weighted by Crippen LogP contribution is 2.62. The Balaban J connectivity index is 1.62. The molecule has 0 unspecified atom stereocenters. The van der Waals surface area contributed by atoms with Gasteiger partial charge in [-0.3, -0.25) is 0 Å². The van der Waals surface area contributed by atoms with Gasteiger partial charge < -0.3 is 9.47 Å². The van der Waals surface area contributed by atoms with Gasteiger partial charge in [0.25, 0.3) is 0 Å². The summed E-state index contributed by atoms with van der Waals surface area (Å²) < 4.78 is 12.7. The predicted octanol–water partition coefficient (Wildman–Crippen LogP) is 6.25. The maximum Gasteiger partial charge on any atom is 0.365 e. The van der Waals surface area contributed by atoms with Crippen molar-refractivity contribution in [2.24, 2.45) is 5.10 Å². The molecular weight excluding hydrogens is 468 g/mol. The first-order chi connectivity index (χ1) is 17.7. The fraction of sp³-hybridized carbons (Fsp3) is 0.133. The Hall–Kier alpha value is -3.87. The zero-order valence-corrected chi connectivity index (χ0v) is 20.5. The van der Waals surface area contributed by atoms with E-state index in [1.807, 2.05) is 83.9 Å². The van der Waals surface area contributed by atoms with E-state index in [0.717, 1.165) is 27.9 Å². The molecule has 36 heavy (non-hydrogen) atoms. The van der Waals surface area contributed by atoms with Crippen molar-refractivity contribution in [3.05, 3.63) is 138 Å². The minimum absolute atomic E-state index is 0.257. The molecule has 6 heteroatoms.